The lowest BCUT2D eigenvalue weighted by molar-refractivity contribution is 0.0980. The second-order valence-corrected chi connectivity index (χ2v) is 7.93. The summed E-state index contributed by atoms with van der Waals surface area (Å²) in [7, 11) is 3.07. The summed E-state index contributed by atoms with van der Waals surface area (Å²) in [6.45, 7) is 4.72. The molecule has 1 amide bonds. The van der Waals surface area contributed by atoms with Gasteiger partial charge in [-0.1, -0.05) is 42.5 Å². The van der Waals surface area contributed by atoms with E-state index in [1.54, 1.807) is 22.6 Å². The van der Waals surface area contributed by atoms with Crippen molar-refractivity contribution in [2.45, 2.75) is 20.4 Å². The predicted molar refractivity (Wildman–Crippen MR) is 126 cm³/mol. The Morgan fingerprint density at radius 3 is 2.31 bits per heavy atom. The predicted octanol–water partition coefficient (Wildman–Crippen LogP) is 3.06. The summed E-state index contributed by atoms with van der Waals surface area (Å²) in [4.78, 5) is 41.0. The fourth-order valence-corrected chi connectivity index (χ4v) is 4.12. The Labute approximate surface area is 185 Å². The van der Waals surface area contributed by atoms with Crippen LogP contribution in [0.2, 0.25) is 0 Å². The van der Waals surface area contributed by atoms with Crippen molar-refractivity contribution in [1.82, 2.24) is 13.7 Å². The Morgan fingerprint density at radius 2 is 1.66 bits per heavy atom. The normalized spacial score (nSPS) is 11.1. The smallest absolute Gasteiger partial charge is 0.318 e. The van der Waals surface area contributed by atoms with Crippen molar-refractivity contribution in [1.29, 1.82) is 0 Å². The average molecular weight is 431 g/mol. The van der Waals surface area contributed by atoms with Crippen molar-refractivity contribution in [3.63, 3.8) is 0 Å². The lowest BCUT2D eigenvalue weighted by Gasteiger charge is -2.22. The number of aromatic nitrogens is 3. The number of fused-ring (bicyclic) bond motifs is 1. The quantitative estimate of drug-likeness (QED) is 0.489. The Bertz CT molecular complexity index is 1430. The van der Waals surface area contributed by atoms with Crippen LogP contribution in [0.25, 0.3) is 11.0 Å². The summed E-state index contributed by atoms with van der Waals surface area (Å²) in [5, 5.41) is 0.342. The Balaban J connectivity index is 1.97. The summed E-state index contributed by atoms with van der Waals surface area (Å²) >= 11 is 0. The van der Waals surface area contributed by atoms with Crippen LogP contribution in [0, 0.1) is 6.92 Å². The molecule has 0 N–H and O–H groups in total. The van der Waals surface area contributed by atoms with Gasteiger partial charge in [0.05, 0.1) is 5.39 Å². The molecule has 0 aliphatic rings. The van der Waals surface area contributed by atoms with E-state index in [9.17, 15) is 14.4 Å². The van der Waals surface area contributed by atoms with Gasteiger partial charge in [0.2, 0.25) is 0 Å². The highest BCUT2D eigenvalue weighted by Gasteiger charge is 2.25. The standard InChI is InChI=1S/C25H26N4O3/c1-5-28(19-13-9-10-17(2)14-19)24(31)21-15-20-22(26(3)25(32)27(4)23(20)30)29(21)16-18-11-7-6-8-12-18/h6-15H,5,16H2,1-4H3. The zero-order valence-electron chi connectivity index (χ0n) is 18.7. The van der Waals surface area contributed by atoms with Crippen LogP contribution < -0.4 is 16.1 Å². The fourth-order valence-electron chi connectivity index (χ4n) is 4.12. The number of hydrogen-bond donors (Lipinski definition) is 0. The Morgan fingerprint density at radius 1 is 0.938 bits per heavy atom. The van der Waals surface area contributed by atoms with Crippen molar-refractivity contribution in [2.24, 2.45) is 14.1 Å². The molecule has 0 aliphatic carbocycles. The van der Waals surface area contributed by atoms with E-state index in [-0.39, 0.29) is 5.91 Å². The largest absolute Gasteiger partial charge is 0.332 e. The van der Waals surface area contributed by atoms with Gasteiger partial charge in [0, 0.05) is 32.9 Å². The number of rotatable bonds is 5. The van der Waals surface area contributed by atoms with Crippen LogP contribution in [0.4, 0.5) is 5.69 Å². The molecule has 0 bridgehead atoms. The first-order valence-corrected chi connectivity index (χ1v) is 10.5. The molecule has 7 heteroatoms. The number of amides is 1. The molecule has 4 rings (SSSR count). The van der Waals surface area contributed by atoms with Crippen molar-refractivity contribution >= 4 is 22.6 Å². The number of nitrogens with zero attached hydrogens (tertiary/aromatic N) is 4. The molecular formula is C25H26N4O3. The van der Waals surface area contributed by atoms with Crippen LogP contribution >= 0.6 is 0 Å². The molecule has 2 aromatic heterocycles. The molecule has 4 aromatic rings. The summed E-state index contributed by atoms with van der Waals surface area (Å²) in [5.74, 6) is -0.222. The van der Waals surface area contributed by atoms with E-state index in [2.05, 4.69) is 0 Å². The van der Waals surface area contributed by atoms with Gasteiger partial charge in [-0.3, -0.25) is 18.7 Å². The molecule has 2 heterocycles. The van der Waals surface area contributed by atoms with E-state index in [0.29, 0.717) is 29.8 Å². The van der Waals surface area contributed by atoms with Gasteiger partial charge in [-0.2, -0.15) is 0 Å². The van der Waals surface area contributed by atoms with Gasteiger partial charge in [-0.25, -0.2) is 4.79 Å². The van der Waals surface area contributed by atoms with E-state index < -0.39 is 11.2 Å². The molecule has 0 atom stereocenters. The minimum atomic E-state index is -0.431. The molecular weight excluding hydrogens is 404 g/mol. The van der Waals surface area contributed by atoms with Gasteiger partial charge < -0.3 is 9.47 Å². The second kappa shape index (κ2) is 8.34. The summed E-state index contributed by atoms with van der Waals surface area (Å²) < 4.78 is 4.27. The van der Waals surface area contributed by atoms with Crippen LogP contribution in [0.3, 0.4) is 0 Å². The number of hydrogen-bond acceptors (Lipinski definition) is 3. The van der Waals surface area contributed by atoms with Gasteiger partial charge in [0.1, 0.15) is 11.3 Å². The van der Waals surface area contributed by atoms with E-state index >= 15 is 0 Å². The maximum absolute atomic E-state index is 13.8. The first kappa shape index (κ1) is 21.4. The summed E-state index contributed by atoms with van der Waals surface area (Å²) in [5.41, 5.74) is 2.76. The van der Waals surface area contributed by atoms with Crippen LogP contribution in [-0.4, -0.2) is 26.2 Å². The van der Waals surface area contributed by atoms with E-state index in [0.717, 1.165) is 21.4 Å². The number of carbonyl (C=O) groups excluding carboxylic acids is 1. The third-order valence-corrected chi connectivity index (χ3v) is 5.77. The number of carbonyl (C=O) groups is 1. The van der Waals surface area contributed by atoms with Gasteiger partial charge in [-0.15, -0.1) is 0 Å². The van der Waals surface area contributed by atoms with Gasteiger partial charge >= 0.3 is 5.69 Å². The summed E-state index contributed by atoms with van der Waals surface area (Å²) in [6.07, 6.45) is 0. The Hall–Kier alpha value is -3.87. The van der Waals surface area contributed by atoms with Crippen LogP contribution in [0.5, 0.6) is 0 Å². The molecule has 0 fully saturated rings. The lowest BCUT2D eigenvalue weighted by atomic mass is 10.2. The monoisotopic (exact) mass is 430 g/mol. The minimum absolute atomic E-state index is 0.222. The zero-order valence-corrected chi connectivity index (χ0v) is 18.7. The first-order valence-electron chi connectivity index (χ1n) is 10.5. The third-order valence-electron chi connectivity index (χ3n) is 5.77. The number of benzene rings is 2. The van der Waals surface area contributed by atoms with E-state index in [1.165, 1.54) is 11.6 Å². The molecule has 2 aromatic carbocycles. The first-order chi connectivity index (χ1) is 15.3. The van der Waals surface area contributed by atoms with Gasteiger partial charge in [0.25, 0.3) is 11.5 Å². The number of anilines is 1. The molecule has 0 saturated carbocycles. The van der Waals surface area contributed by atoms with Crippen molar-refractivity contribution < 1.29 is 4.79 Å². The third kappa shape index (κ3) is 3.56. The topological polar surface area (TPSA) is 69.2 Å². The van der Waals surface area contributed by atoms with Gasteiger partial charge in [0.15, 0.2) is 0 Å². The molecule has 164 valence electrons. The van der Waals surface area contributed by atoms with Crippen molar-refractivity contribution in [3.05, 3.63) is 98.3 Å². The minimum Gasteiger partial charge on any atom is -0.318 e. The second-order valence-electron chi connectivity index (χ2n) is 7.93. The van der Waals surface area contributed by atoms with Crippen molar-refractivity contribution in [3.8, 4) is 0 Å². The van der Waals surface area contributed by atoms with Crippen LogP contribution in [0.15, 0.2) is 70.3 Å². The molecule has 0 spiro atoms. The average Bonchev–Trinajstić information content (AvgIpc) is 3.16. The van der Waals surface area contributed by atoms with Gasteiger partial charge in [-0.05, 0) is 43.2 Å². The Kier molecular flexibility index (Phi) is 5.57. The van der Waals surface area contributed by atoms with Crippen LogP contribution in [-0.2, 0) is 20.6 Å². The molecule has 32 heavy (non-hydrogen) atoms. The maximum Gasteiger partial charge on any atom is 0.332 e. The zero-order chi connectivity index (χ0) is 23.0. The highest BCUT2D eigenvalue weighted by Crippen LogP contribution is 2.23. The molecule has 0 radical (unpaired) electrons. The van der Waals surface area contributed by atoms with Crippen molar-refractivity contribution in [2.75, 3.05) is 11.4 Å². The SMILES string of the molecule is CCN(C(=O)c1cc2c(=O)n(C)c(=O)n(C)c2n1Cc1ccccc1)c1cccc(C)c1. The summed E-state index contributed by atoms with van der Waals surface area (Å²) in [6, 6.07) is 19.0. The molecule has 0 aliphatic heterocycles. The lowest BCUT2D eigenvalue weighted by Crippen LogP contribution is -2.37. The molecule has 0 saturated heterocycles. The highest BCUT2D eigenvalue weighted by atomic mass is 16.2. The molecule has 0 unspecified atom stereocenters. The van der Waals surface area contributed by atoms with Crippen LogP contribution in [0.1, 0.15) is 28.5 Å². The molecule has 7 nitrogen and oxygen atoms in total. The highest BCUT2D eigenvalue weighted by molar-refractivity contribution is 6.07. The fraction of sp³-hybridized carbons (Fsp3) is 0.240. The van der Waals surface area contributed by atoms with E-state index in [1.807, 2.05) is 68.4 Å². The van der Waals surface area contributed by atoms with E-state index in [4.69, 9.17) is 0 Å². The maximum atomic E-state index is 13.8. The number of aryl methyl sites for hydroxylation is 2.